The summed E-state index contributed by atoms with van der Waals surface area (Å²) in [6, 6.07) is 9.28. The summed E-state index contributed by atoms with van der Waals surface area (Å²) in [6.07, 6.45) is -4.54. The number of carboxylic acid groups (broad SMARTS) is 2. The monoisotopic (exact) mass is 336 g/mol. The second-order valence-corrected chi connectivity index (χ2v) is 5.52. The van der Waals surface area contributed by atoms with Crippen molar-refractivity contribution in [2.75, 3.05) is 0 Å². The molecule has 24 heavy (non-hydrogen) atoms. The van der Waals surface area contributed by atoms with Crippen LogP contribution in [0.5, 0.6) is 0 Å². The molecular weight excluding hydrogens is 325 g/mol. The quantitative estimate of drug-likeness (QED) is 0.840. The second-order valence-electron chi connectivity index (χ2n) is 5.52. The van der Waals surface area contributed by atoms with E-state index in [0.717, 1.165) is 12.1 Å². The van der Waals surface area contributed by atoms with Gasteiger partial charge >= 0.3 is 18.1 Å². The lowest BCUT2D eigenvalue weighted by atomic mass is 9.84. The maximum atomic E-state index is 13.0. The summed E-state index contributed by atoms with van der Waals surface area (Å²) in [5, 5.41) is 18.6. The first-order valence-corrected chi connectivity index (χ1v) is 6.98. The lowest BCUT2D eigenvalue weighted by Crippen LogP contribution is -2.29. The van der Waals surface area contributed by atoms with Gasteiger partial charge in [-0.15, -0.1) is 0 Å². The molecule has 1 unspecified atom stereocenters. The first kappa shape index (κ1) is 16.0. The molecule has 0 spiro atoms. The molecule has 7 heteroatoms. The maximum absolute atomic E-state index is 13.0. The van der Waals surface area contributed by atoms with E-state index in [1.807, 2.05) is 0 Å². The van der Waals surface area contributed by atoms with Crippen molar-refractivity contribution in [1.82, 2.24) is 0 Å². The Hall–Kier alpha value is -2.83. The fourth-order valence-electron chi connectivity index (χ4n) is 3.17. The minimum Gasteiger partial charge on any atom is -0.481 e. The molecule has 0 fully saturated rings. The van der Waals surface area contributed by atoms with Crippen LogP contribution in [0.1, 0.15) is 22.6 Å². The van der Waals surface area contributed by atoms with Gasteiger partial charge in [0.05, 0.1) is 5.56 Å². The van der Waals surface area contributed by atoms with E-state index in [1.54, 1.807) is 24.3 Å². The van der Waals surface area contributed by atoms with Crippen LogP contribution in [-0.4, -0.2) is 22.2 Å². The van der Waals surface area contributed by atoms with Crippen molar-refractivity contribution >= 4 is 11.9 Å². The van der Waals surface area contributed by atoms with Crippen molar-refractivity contribution in [2.24, 2.45) is 5.92 Å². The molecule has 0 heterocycles. The van der Waals surface area contributed by atoms with Gasteiger partial charge in [-0.2, -0.15) is 13.2 Å². The van der Waals surface area contributed by atoms with Crippen LogP contribution in [0.25, 0.3) is 11.1 Å². The Labute approximate surface area is 134 Å². The van der Waals surface area contributed by atoms with Crippen molar-refractivity contribution in [3.05, 3.63) is 59.2 Å². The Balaban J connectivity index is 2.25. The number of aliphatic carboxylic acids is 2. The largest absolute Gasteiger partial charge is 0.481 e. The van der Waals surface area contributed by atoms with Crippen molar-refractivity contribution < 1.29 is 33.0 Å². The average molecular weight is 336 g/mol. The van der Waals surface area contributed by atoms with Crippen LogP contribution in [0, 0.1) is 5.92 Å². The SMILES string of the molecule is O=C(O)C(C(=O)O)C1c2ccccc2-c2cc(C(F)(F)F)ccc21. The number of alkyl halides is 3. The summed E-state index contributed by atoms with van der Waals surface area (Å²) in [6.45, 7) is 0. The normalized spacial score (nSPS) is 15.9. The van der Waals surface area contributed by atoms with Gasteiger partial charge in [0.2, 0.25) is 0 Å². The van der Waals surface area contributed by atoms with E-state index in [4.69, 9.17) is 0 Å². The Kier molecular flexibility index (Phi) is 3.59. The fourth-order valence-corrected chi connectivity index (χ4v) is 3.17. The Morgan fingerprint density at radius 2 is 1.50 bits per heavy atom. The number of hydrogen-bond donors (Lipinski definition) is 2. The second kappa shape index (κ2) is 5.36. The molecule has 0 aromatic heterocycles. The molecule has 0 saturated heterocycles. The molecule has 1 atom stereocenters. The third kappa shape index (κ3) is 2.42. The van der Waals surface area contributed by atoms with Gasteiger partial charge in [0.1, 0.15) is 0 Å². The average Bonchev–Trinajstić information content (AvgIpc) is 2.80. The molecule has 0 amide bonds. The van der Waals surface area contributed by atoms with E-state index >= 15 is 0 Å². The van der Waals surface area contributed by atoms with Crippen LogP contribution in [-0.2, 0) is 15.8 Å². The van der Waals surface area contributed by atoms with Crippen molar-refractivity contribution in [3.8, 4) is 11.1 Å². The zero-order valence-electron chi connectivity index (χ0n) is 12.0. The number of carbonyl (C=O) groups is 2. The van der Waals surface area contributed by atoms with Crippen molar-refractivity contribution in [2.45, 2.75) is 12.1 Å². The first-order valence-electron chi connectivity index (χ1n) is 6.98. The smallest absolute Gasteiger partial charge is 0.416 e. The Morgan fingerprint density at radius 3 is 2.08 bits per heavy atom. The van der Waals surface area contributed by atoms with Gasteiger partial charge in [0.25, 0.3) is 0 Å². The zero-order valence-corrected chi connectivity index (χ0v) is 12.0. The summed E-state index contributed by atoms with van der Waals surface area (Å²) in [4.78, 5) is 22.8. The first-order chi connectivity index (χ1) is 11.2. The molecule has 2 aromatic rings. The predicted molar refractivity (Wildman–Crippen MR) is 77.5 cm³/mol. The van der Waals surface area contributed by atoms with E-state index in [1.165, 1.54) is 6.07 Å². The molecule has 0 radical (unpaired) electrons. The fraction of sp³-hybridized carbons (Fsp3) is 0.176. The molecule has 2 aromatic carbocycles. The van der Waals surface area contributed by atoms with Gasteiger partial charge in [-0.25, -0.2) is 0 Å². The maximum Gasteiger partial charge on any atom is 0.416 e. The summed E-state index contributed by atoms with van der Waals surface area (Å²) < 4.78 is 38.9. The molecule has 4 nitrogen and oxygen atoms in total. The highest BCUT2D eigenvalue weighted by atomic mass is 19.4. The van der Waals surface area contributed by atoms with E-state index in [2.05, 4.69) is 0 Å². The minimum atomic E-state index is -4.54. The highest BCUT2D eigenvalue weighted by Gasteiger charge is 2.43. The third-order valence-electron chi connectivity index (χ3n) is 4.17. The van der Waals surface area contributed by atoms with Crippen LogP contribution in [0.3, 0.4) is 0 Å². The molecule has 1 aliphatic carbocycles. The lowest BCUT2D eigenvalue weighted by molar-refractivity contribution is -0.155. The summed E-state index contributed by atoms with van der Waals surface area (Å²) in [5.41, 5.74) is 0.466. The van der Waals surface area contributed by atoms with Gasteiger partial charge in [-0.05, 0) is 34.4 Å². The molecular formula is C17H11F3O4. The number of halogens is 3. The molecule has 1 aliphatic rings. The van der Waals surface area contributed by atoms with Crippen LogP contribution < -0.4 is 0 Å². The number of rotatable bonds is 3. The van der Waals surface area contributed by atoms with Gasteiger partial charge in [0.15, 0.2) is 5.92 Å². The molecule has 124 valence electrons. The molecule has 3 rings (SSSR count). The Bertz CT molecular complexity index is 828. The van der Waals surface area contributed by atoms with Gasteiger partial charge < -0.3 is 10.2 Å². The predicted octanol–water partition coefficient (Wildman–Crippen LogP) is 3.60. The Morgan fingerprint density at radius 1 is 0.917 bits per heavy atom. The van der Waals surface area contributed by atoms with Gasteiger partial charge in [0, 0.05) is 5.92 Å². The lowest BCUT2D eigenvalue weighted by Gasteiger charge is -2.18. The number of benzene rings is 2. The van der Waals surface area contributed by atoms with E-state index < -0.39 is 35.5 Å². The van der Waals surface area contributed by atoms with Crippen LogP contribution in [0.4, 0.5) is 13.2 Å². The number of hydrogen-bond acceptors (Lipinski definition) is 2. The third-order valence-corrected chi connectivity index (χ3v) is 4.17. The van der Waals surface area contributed by atoms with Crippen molar-refractivity contribution in [1.29, 1.82) is 0 Å². The van der Waals surface area contributed by atoms with E-state index in [0.29, 0.717) is 11.1 Å². The molecule has 0 aliphatic heterocycles. The summed E-state index contributed by atoms with van der Waals surface area (Å²) in [5.74, 6) is -5.87. The number of fused-ring (bicyclic) bond motifs is 3. The standard InChI is InChI=1S/C17H11F3O4/c18-17(19,20)8-5-6-11-12(7-8)9-3-1-2-4-10(9)13(11)14(15(21)22)16(23)24/h1-7,13-14H,(H,21,22)(H,23,24). The summed E-state index contributed by atoms with van der Waals surface area (Å²) in [7, 11) is 0. The van der Waals surface area contributed by atoms with Crippen LogP contribution in [0.15, 0.2) is 42.5 Å². The van der Waals surface area contributed by atoms with Crippen LogP contribution >= 0.6 is 0 Å². The highest BCUT2D eigenvalue weighted by Crippen LogP contribution is 2.49. The highest BCUT2D eigenvalue weighted by molar-refractivity contribution is 5.97. The van der Waals surface area contributed by atoms with Crippen LogP contribution in [0.2, 0.25) is 0 Å². The topological polar surface area (TPSA) is 74.6 Å². The summed E-state index contributed by atoms with van der Waals surface area (Å²) >= 11 is 0. The van der Waals surface area contributed by atoms with Gasteiger partial charge in [-0.3, -0.25) is 9.59 Å². The molecule has 0 bridgehead atoms. The van der Waals surface area contributed by atoms with E-state index in [-0.39, 0.29) is 11.1 Å². The van der Waals surface area contributed by atoms with Crippen molar-refractivity contribution in [3.63, 3.8) is 0 Å². The molecule has 2 N–H and O–H groups in total. The van der Waals surface area contributed by atoms with Gasteiger partial charge in [-0.1, -0.05) is 30.3 Å². The minimum absolute atomic E-state index is 0.220. The number of carboxylic acids is 2. The zero-order chi connectivity index (χ0) is 17.6. The van der Waals surface area contributed by atoms with E-state index in [9.17, 15) is 33.0 Å². The molecule has 0 saturated carbocycles.